The van der Waals surface area contributed by atoms with E-state index >= 15 is 0 Å². The summed E-state index contributed by atoms with van der Waals surface area (Å²) < 4.78 is 2.29. The molecule has 0 saturated heterocycles. The first-order valence-electron chi connectivity index (χ1n) is 11.0. The predicted octanol–water partition coefficient (Wildman–Crippen LogP) is 5.79. The lowest BCUT2D eigenvalue weighted by Crippen LogP contribution is -2.16. The SMILES string of the molecule is CCN=C(Nc1ccn2c1CSC2c1cccnc1)c1cccc(C(=O)c2ccccc2)c1. The molecule has 2 aromatic heterocycles. The highest BCUT2D eigenvalue weighted by molar-refractivity contribution is 7.99. The van der Waals surface area contributed by atoms with Gasteiger partial charge in [0, 0.05) is 53.1 Å². The van der Waals surface area contributed by atoms with Crippen LogP contribution in [0, 0.1) is 0 Å². The van der Waals surface area contributed by atoms with Gasteiger partial charge >= 0.3 is 0 Å². The van der Waals surface area contributed by atoms with Crippen molar-refractivity contribution in [3.63, 3.8) is 0 Å². The van der Waals surface area contributed by atoms with Crippen LogP contribution in [0.5, 0.6) is 0 Å². The van der Waals surface area contributed by atoms with Gasteiger partial charge < -0.3 is 9.88 Å². The Morgan fingerprint density at radius 3 is 2.67 bits per heavy atom. The predicted molar refractivity (Wildman–Crippen MR) is 135 cm³/mol. The number of aliphatic imine (C=N–C) groups is 1. The Labute approximate surface area is 197 Å². The minimum atomic E-state index is 0.00812. The number of carbonyl (C=O) groups excluding carboxylic acids is 1. The lowest BCUT2D eigenvalue weighted by Gasteiger charge is -2.13. The van der Waals surface area contributed by atoms with E-state index in [1.165, 1.54) is 11.3 Å². The van der Waals surface area contributed by atoms with Crippen molar-refractivity contribution in [1.29, 1.82) is 0 Å². The van der Waals surface area contributed by atoms with Crippen LogP contribution in [0.3, 0.4) is 0 Å². The van der Waals surface area contributed by atoms with Crippen molar-refractivity contribution in [2.45, 2.75) is 18.1 Å². The molecule has 6 heteroatoms. The number of nitrogens with zero attached hydrogens (tertiary/aromatic N) is 3. The molecule has 5 nitrogen and oxygen atoms in total. The summed E-state index contributed by atoms with van der Waals surface area (Å²) in [5.74, 6) is 1.68. The Morgan fingerprint density at radius 1 is 1.06 bits per heavy atom. The van der Waals surface area contributed by atoms with Crippen molar-refractivity contribution in [2.75, 3.05) is 11.9 Å². The lowest BCUT2D eigenvalue weighted by molar-refractivity contribution is 0.103. The van der Waals surface area contributed by atoms with E-state index in [2.05, 4.69) is 33.2 Å². The molecule has 0 bridgehead atoms. The molecule has 1 aliphatic heterocycles. The Bertz CT molecular complexity index is 1300. The maximum Gasteiger partial charge on any atom is 0.193 e. The topological polar surface area (TPSA) is 59.3 Å². The standard InChI is InChI=1S/C27H24N4OS/c1-2-29-26(21-11-6-10-20(16-21)25(32)19-8-4-3-5-9-19)30-23-13-15-31-24(23)18-33-27(31)22-12-7-14-28-17-22/h3-17,27H,2,18H2,1H3,(H,29,30). The molecule has 1 aliphatic rings. The minimum Gasteiger partial charge on any atom is -0.339 e. The summed E-state index contributed by atoms with van der Waals surface area (Å²) in [5.41, 5.74) is 5.69. The highest BCUT2D eigenvalue weighted by Gasteiger charge is 2.26. The molecule has 0 fully saturated rings. The minimum absolute atomic E-state index is 0.00812. The number of ketones is 1. The zero-order valence-electron chi connectivity index (χ0n) is 18.3. The molecule has 2 aromatic carbocycles. The van der Waals surface area contributed by atoms with E-state index < -0.39 is 0 Å². The number of carbonyl (C=O) groups is 1. The van der Waals surface area contributed by atoms with Crippen LogP contribution in [0.2, 0.25) is 0 Å². The van der Waals surface area contributed by atoms with Crippen LogP contribution >= 0.6 is 11.8 Å². The number of pyridine rings is 1. The van der Waals surface area contributed by atoms with Gasteiger partial charge in [-0.3, -0.25) is 14.8 Å². The van der Waals surface area contributed by atoms with Crippen LogP contribution in [0.4, 0.5) is 5.69 Å². The van der Waals surface area contributed by atoms with Crippen LogP contribution in [-0.4, -0.2) is 27.7 Å². The number of rotatable bonds is 6. The lowest BCUT2D eigenvalue weighted by atomic mass is 10.0. The normalized spacial score (nSPS) is 15.3. The van der Waals surface area contributed by atoms with Gasteiger partial charge in [-0.15, -0.1) is 11.8 Å². The molecule has 33 heavy (non-hydrogen) atoms. The molecule has 0 spiro atoms. The van der Waals surface area contributed by atoms with Crippen molar-refractivity contribution in [2.24, 2.45) is 4.99 Å². The second-order valence-corrected chi connectivity index (χ2v) is 8.83. The fraction of sp³-hybridized carbons (Fsp3) is 0.148. The molecule has 0 radical (unpaired) electrons. The summed E-state index contributed by atoms with van der Waals surface area (Å²) >= 11 is 1.88. The van der Waals surface area contributed by atoms with Crippen LogP contribution in [0.15, 0.2) is 96.4 Å². The molecule has 1 unspecified atom stereocenters. The fourth-order valence-corrected chi connectivity index (χ4v) is 5.35. The smallest absolute Gasteiger partial charge is 0.193 e. The van der Waals surface area contributed by atoms with Gasteiger partial charge in [-0.2, -0.15) is 0 Å². The number of aromatic nitrogens is 2. The molecule has 5 rings (SSSR count). The molecule has 0 aliphatic carbocycles. The number of hydrogen-bond donors (Lipinski definition) is 1. The molecule has 3 heterocycles. The monoisotopic (exact) mass is 452 g/mol. The van der Waals surface area contributed by atoms with Crippen molar-refractivity contribution in [3.8, 4) is 0 Å². The number of thioether (sulfide) groups is 1. The average molecular weight is 453 g/mol. The van der Waals surface area contributed by atoms with Gasteiger partial charge in [0.2, 0.25) is 0 Å². The molecule has 1 N–H and O–H groups in total. The Kier molecular flexibility index (Phi) is 6.09. The zero-order chi connectivity index (χ0) is 22.6. The highest BCUT2D eigenvalue weighted by atomic mass is 32.2. The third kappa shape index (κ3) is 4.34. The Hall–Kier alpha value is -3.64. The van der Waals surface area contributed by atoms with Crippen LogP contribution < -0.4 is 5.32 Å². The highest BCUT2D eigenvalue weighted by Crippen LogP contribution is 2.43. The van der Waals surface area contributed by atoms with E-state index in [0.29, 0.717) is 17.7 Å². The number of nitrogens with one attached hydrogen (secondary N) is 1. The largest absolute Gasteiger partial charge is 0.339 e. The number of anilines is 1. The number of fused-ring (bicyclic) bond motifs is 1. The summed E-state index contributed by atoms with van der Waals surface area (Å²) in [6.07, 6.45) is 5.85. The van der Waals surface area contributed by atoms with Gasteiger partial charge in [0.15, 0.2) is 5.78 Å². The summed E-state index contributed by atoms with van der Waals surface area (Å²) in [6, 6.07) is 23.2. The van der Waals surface area contributed by atoms with E-state index in [1.807, 2.05) is 85.5 Å². The van der Waals surface area contributed by atoms with E-state index in [1.54, 1.807) is 6.20 Å². The van der Waals surface area contributed by atoms with Gasteiger partial charge in [0.05, 0.1) is 11.4 Å². The van der Waals surface area contributed by atoms with E-state index in [-0.39, 0.29) is 11.2 Å². The van der Waals surface area contributed by atoms with Gasteiger partial charge in [-0.25, -0.2) is 0 Å². The first-order chi connectivity index (χ1) is 16.2. The first-order valence-corrected chi connectivity index (χ1v) is 12.0. The third-order valence-electron chi connectivity index (χ3n) is 5.63. The maximum atomic E-state index is 12.9. The van der Waals surface area contributed by atoms with E-state index in [4.69, 9.17) is 4.99 Å². The van der Waals surface area contributed by atoms with Crippen molar-refractivity contribution < 1.29 is 4.79 Å². The molecule has 4 aromatic rings. The average Bonchev–Trinajstić information content (AvgIpc) is 3.47. The van der Waals surface area contributed by atoms with Crippen LogP contribution in [0.25, 0.3) is 0 Å². The van der Waals surface area contributed by atoms with E-state index in [9.17, 15) is 4.79 Å². The Morgan fingerprint density at radius 2 is 1.88 bits per heavy atom. The summed E-state index contributed by atoms with van der Waals surface area (Å²) in [4.78, 5) is 21.9. The molecule has 1 atom stereocenters. The summed E-state index contributed by atoms with van der Waals surface area (Å²) in [7, 11) is 0. The molecule has 164 valence electrons. The summed E-state index contributed by atoms with van der Waals surface area (Å²) in [6.45, 7) is 2.65. The van der Waals surface area contributed by atoms with Crippen molar-refractivity contribution in [3.05, 3.63) is 119 Å². The first kappa shape index (κ1) is 21.2. The molecular weight excluding hydrogens is 428 g/mol. The second-order valence-electron chi connectivity index (χ2n) is 7.76. The van der Waals surface area contributed by atoms with Gasteiger partial charge in [0.1, 0.15) is 11.2 Å². The van der Waals surface area contributed by atoms with Gasteiger partial charge in [-0.1, -0.05) is 54.6 Å². The number of amidine groups is 1. The Balaban J connectivity index is 1.42. The third-order valence-corrected chi connectivity index (χ3v) is 6.88. The second kappa shape index (κ2) is 9.46. The molecular formula is C27H24N4OS. The van der Waals surface area contributed by atoms with Crippen LogP contribution in [-0.2, 0) is 5.75 Å². The quantitative estimate of drug-likeness (QED) is 0.229. The number of benzene rings is 2. The number of hydrogen-bond acceptors (Lipinski definition) is 4. The zero-order valence-corrected chi connectivity index (χ0v) is 19.1. The maximum absolute atomic E-state index is 12.9. The fourth-order valence-electron chi connectivity index (χ4n) is 4.04. The summed E-state index contributed by atoms with van der Waals surface area (Å²) in [5, 5.41) is 3.77. The van der Waals surface area contributed by atoms with Crippen LogP contribution in [0.1, 0.15) is 45.0 Å². The van der Waals surface area contributed by atoms with Crippen molar-refractivity contribution in [1.82, 2.24) is 9.55 Å². The van der Waals surface area contributed by atoms with Gasteiger partial charge in [-0.05, 0) is 25.1 Å². The van der Waals surface area contributed by atoms with E-state index in [0.717, 1.165) is 22.8 Å². The van der Waals surface area contributed by atoms with Crippen molar-refractivity contribution >= 4 is 29.1 Å². The molecule has 0 amide bonds. The molecule has 0 saturated carbocycles. The van der Waals surface area contributed by atoms with Gasteiger partial charge in [0.25, 0.3) is 0 Å².